The molecule has 0 radical (unpaired) electrons. The molecule has 1 aromatic carbocycles. The lowest BCUT2D eigenvalue weighted by Crippen LogP contribution is -2.36. The maximum absolute atomic E-state index is 13.4. The molecule has 1 saturated heterocycles. The summed E-state index contributed by atoms with van der Waals surface area (Å²) in [6.45, 7) is 5.04. The van der Waals surface area contributed by atoms with Gasteiger partial charge < -0.3 is 9.64 Å². The predicted molar refractivity (Wildman–Crippen MR) is 121 cm³/mol. The van der Waals surface area contributed by atoms with Gasteiger partial charge in [-0.25, -0.2) is 0 Å². The van der Waals surface area contributed by atoms with Crippen molar-refractivity contribution in [1.82, 2.24) is 14.3 Å². The molecule has 0 atom stereocenters. The Labute approximate surface area is 186 Å². The monoisotopic (exact) mass is 428 g/mol. The smallest absolute Gasteiger partial charge is 0.269 e. The number of pyridine rings is 1. The van der Waals surface area contributed by atoms with Crippen LogP contribution in [0.1, 0.15) is 36.0 Å². The lowest BCUT2D eigenvalue weighted by Gasteiger charge is -2.26. The van der Waals surface area contributed by atoms with Crippen LogP contribution >= 0.6 is 0 Å². The summed E-state index contributed by atoms with van der Waals surface area (Å²) in [6.07, 6.45) is 5.81. The standard InChI is InChI=1S/C25H24N4O3/c1-17-8-10-20(11-9-17)32-23-21(25(31)29-14-6-7-18(2)22(29)27-23)15-19(16-26)24(30)28-12-4-3-5-13-28/h6-11,14-15H,3-5,12-13H2,1-2H3/b19-15+. The Balaban J connectivity index is 1.85. The highest BCUT2D eigenvalue weighted by Gasteiger charge is 2.23. The Kier molecular flexibility index (Phi) is 6.04. The number of hydrogen-bond acceptors (Lipinski definition) is 5. The maximum Gasteiger partial charge on any atom is 0.269 e. The Bertz CT molecular complexity index is 1290. The summed E-state index contributed by atoms with van der Waals surface area (Å²) in [6, 6.07) is 12.9. The van der Waals surface area contributed by atoms with Gasteiger partial charge in [0, 0.05) is 19.3 Å². The molecule has 3 aromatic rings. The first-order valence-corrected chi connectivity index (χ1v) is 10.7. The molecule has 4 rings (SSSR count). The van der Waals surface area contributed by atoms with E-state index in [1.54, 1.807) is 29.3 Å². The summed E-state index contributed by atoms with van der Waals surface area (Å²) < 4.78 is 7.38. The van der Waals surface area contributed by atoms with E-state index in [1.807, 2.05) is 38.1 Å². The van der Waals surface area contributed by atoms with Gasteiger partial charge in [-0.15, -0.1) is 0 Å². The van der Waals surface area contributed by atoms with Crippen LogP contribution in [0, 0.1) is 25.2 Å². The predicted octanol–water partition coefficient (Wildman–Crippen LogP) is 4.02. The van der Waals surface area contributed by atoms with Crippen molar-refractivity contribution in [3.63, 3.8) is 0 Å². The molecule has 7 heteroatoms. The summed E-state index contributed by atoms with van der Waals surface area (Å²) in [4.78, 5) is 32.5. The number of hydrogen-bond donors (Lipinski definition) is 0. The molecular formula is C25H24N4O3. The van der Waals surface area contributed by atoms with Crippen molar-refractivity contribution >= 4 is 17.6 Å². The van der Waals surface area contributed by atoms with E-state index in [2.05, 4.69) is 4.98 Å². The van der Waals surface area contributed by atoms with Crippen LogP contribution in [-0.2, 0) is 4.79 Å². The van der Waals surface area contributed by atoms with Crippen LogP contribution in [-0.4, -0.2) is 33.3 Å². The molecular weight excluding hydrogens is 404 g/mol. The number of rotatable bonds is 4. The van der Waals surface area contributed by atoms with Crippen molar-refractivity contribution in [1.29, 1.82) is 5.26 Å². The van der Waals surface area contributed by atoms with Crippen LogP contribution in [0.15, 0.2) is 53.0 Å². The molecule has 2 aromatic heterocycles. The van der Waals surface area contributed by atoms with Gasteiger partial charge in [-0.3, -0.25) is 14.0 Å². The number of benzene rings is 1. The third-order valence-electron chi connectivity index (χ3n) is 5.57. The lowest BCUT2D eigenvalue weighted by atomic mass is 10.1. The van der Waals surface area contributed by atoms with Gasteiger partial charge in [-0.2, -0.15) is 10.2 Å². The van der Waals surface area contributed by atoms with E-state index in [9.17, 15) is 14.9 Å². The number of amides is 1. The Morgan fingerprint density at radius 1 is 1.12 bits per heavy atom. The van der Waals surface area contributed by atoms with Crippen molar-refractivity contribution in [3.8, 4) is 17.7 Å². The number of carbonyl (C=O) groups is 1. The van der Waals surface area contributed by atoms with Gasteiger partial charge in [-0.05, 0) is 62.9 Å². The minimum Gasteiger partial charge on any atom is -0.438 e. The first-order chi connectivity index (χ1) is 15.5. The van der Waals surface area contributed by atoms with Crippen LogP contribution in [0.3, 0.4) is 0 Å². The normalized spacial score (nSPS) is 14.3. The van der Waals surface area contributed by atoms with Crippen LogP contribution in [0.4, 0.5) is 0 Å². The molecule has 32 heavy (non-hydrogen) atoms. The van der Waals surface area contributed by atoms with E-state index in [1.165, 1.54) is 10.5 Å². The fourth-order valence-corrected chi connectivity index (χ4v) is 3.76. The van der Waals surface area contributed by atoms with E-state index in [-0.39, 0.29) is 22.9 Å². The van der Waals surface area contributed by atoms with Crippen LogP contribution in [0.5, 0.6) is 11.6 Å². The number of likely N-dealkylation sites (tertiary alicyclic amines) is 1. The number of fused-ring (bicyclic) bond motifs is 1. The average Bonchev–Trinajstić information content (AvgIpc) is 2.81. The third kappa shape index (κ3) is 4.26. The number of piperidine rings is 1. The molecule has 3 heterocycles. The first-order valence-electron chi connectivity index (χ1n) is 10.7. The zero-order valence-corrected chi connectivity index (χ0v) is 18.2. The highest BCUT2D eigenvalue weighted by atomic mass is 16.5. The first kappa shape index (κ1) is 21.3. The summed E-state index contributed by atoms with van der Waals surface area (Å²) in [5.74, 6) is 0.200. The van der Waals surface area contributed by atoms with Gasteiger partial charge >= 0.3 is 0 Å². The largest absolute Gasteiger partial charge is 0.438 e. The van der Waals surface area contributed by atoms with E-state index >= 15 is 0 Å². The third-order valence-corrected chi connectivity index (χ3v) is 5.57. The van der Waals surface area contributed by atoms with Gasteiger partial charge in [0.25, 0.3) is 11.5 Å². The summed E-state index contributed by atoms with van der Waals surface area (Å²) >= 11 is 0. The summed E-state index contributed by atoms with van der Waals surface area (Å²) in [7, 11) is 0. The highest BCUT2D eigenvalue weighted by Crippen LogP contribution is 2.25. The van der Waals surface area contributed by atoms with Crippen LogP contribution in [0.2, 0.25) is 0 Å². The quantitative estimate of drug-likeness (QED) is 0.463. The molecule has 1 aliphatic rings. The second-order valence-corrected chi connectivity index (χ2v) is 7.96. The maximum atomic E-state index is 13.4. The fraction of sp³-hybridized carbons (Fsp3) is 0.280. The molecule has 0 aliphatic carbocycles. The van der Waals surface area contributed by atoms with Crippen molar-refractivity contribution < 1.29 is 9.53 Å². The van der Waals surface area contributed by atoms with Crippen LogP contribution in [0.25, 0.3) is 11.7 Å². The van der Waals surface area contributed by atoms with Crippen molar-refractivity contribution in [3.05, 3.63) is 75.2 Å². The summed E-state index contributed by atoms with van der Waals surface area (Å²) in [5, 5.41) is 9.71. The van der Waals surface area contributed by atoms with Crippen molar-refractivity contribution in [2.45, 2.75) is 33.1 Å². The van der Waals surface area contributed by atoms with Gasteiger partial charge in [0.05, 0.1) is 0 Å². The number of nitrogens with zero attached hydrogens (tertiary/aromatic N) is 4. The number of carbonyl (C=O) groups excluding carboxylic acids is 1. The molecule has 0 unspecified atom stereocenters. The number of nitriles is 1. The molecule has 1 amide bonds. The van der Waals surface area contributed by atoms with Gasteiger partial charge in [0.15, 0.2) is 0 Å². The average molecular weight is 428 g/mol. The number of aromatic nitrogens is 2. The molecule has 0 bridgehead atoms. The Morgan fingerprint density at radius 2 is 1.84 bits per heavy atom. The van der Waals surface area contributed by atoms with Gasteiger partial charge in [-0.1, -0.05) is 23.8 Å². The van der Waals surface area contributed by atoms with E-state index in [0.29, 0.717) is 24.5 Å². The topological polar surface area (TPSA) is 87.7 Å². The van der Waals surface area contributed by atoms with Crippen molar-refractivity contribution in [2.24, 2.45) is 0 Å². The minimum atomic E-state index is -0.403. The SMILES string of the molecule is Cc1ccc(Oc2nc3c(C)cccn3c(=O)c2/C=C(\C#N)C(=O)N2CCCCC2)cc1. The fourth-order valence-electron chi connectivity index (χ4n) is 3.76. The number of aryl methyl sites for hydroxylation is 2. The van der Waals surface area contributed by atoms with E-state index in [4.69, 9.17) is 4.74 Å². The minimum absolute atomic E-state index is 0.0624. The lowest BCUT2D eigenvalue weighted by molar-refractivity contribution is -0.127. The van der Waals surface area contributed by atoms with Gasteiger partial charge in [0.2, 0.25) is 5.88 Å². The van der Waals surface area contributed by atoms with E-state index < -0.39 is 5.56 Å². The van der Waals surface area contributed by atoms with E-state index in [0.717, 1.165) is 30.4 Å². The molecule has 162 valence electrons. The van der Waals surface area contributed by atoms with Crippen molar-refractivity contribution in [2.75, 3.05) is 13.1 Å². The molecule has 0 spiro atoms. The molecule has 1 fully saturated rings. The zero-order valence-electron chi connectivity index (χ0n) is 18.2. The summed E-state index contributed by atoms with van der Waals surface area (Å²) in [5.41, 5.74) is 1.89. The Morgan fingerprint density at radius 3 is 2.53 bits per heavy atom. The molecule has 0 N–H and O–H groups in total. The molecule has 1 aliphatic heterocycles. The second-order valence-electron chi connectivity index (χ2n) is 7.96. The second kappa shape index (κ2) is 9.06. The zero-order chi connectivity index (χ0) is 22.7. The molecule has 7 nitrogen and oxygen atoms in total. The highest BCUT2D eigenvalue weighted by molar-refractivity contribution is 6.02. The van der Waals surface area contributed by atoms with Crippen LogP contribution < -0.4 is 10.3 Å². The number of ether oxygens (including phenoxy) is 1. The molecule has 0 saturated carbocycles. The van der Waals surface area contributed by atoms with Gasteiger partial charge in [0.1, 0.15) is 28.6 Å². The Hall–Kier alpha value is -3.92.